The van der Waals surface area contributed by atoms with Gasteiger partial charge in [0.05, 0.1) is 5.38 Å². The van der Waals surface area contributed by atoms with Crippen LogP contribution in [0.15, 0.2) is 42.5 Å². The summed E-state index contributed by atoms with van der Waals surface area (Å²) in [6.07, 6.45) is 1.12. The van der Waals surface area contributed by atoms with Crippen molar-refractivity contribution in [3.8, 4) is 0 Å². The summed E-state index contributed by atoms with van der Waals surface area (Å²) in [5.41, 5.74) is 4.79. The van der Waals surface area contributed by atoms with Crippen molar-refractivity contribution < 1.29 is 0 Å². The number of hydrogen-bond donors (Lipinski definition) is 0. The van der Waals surface area contributed by atoms with Crippen LogP contribution in [-0.2, 0) is 5.41 Å². The van der Waals surface area contributed by atoms with Crippen LogP contribution in [0.2, 0.25) is 5.02 Å². The minimum Gasteiger partial charge on any atom is -0.113 e. The van der Waals surface area contributed by atoms with Gasteiger partial charge in [-0.15, -0.1) is 11.6 Å². The van der Waals surface area contributed by atoms with E-state index in [9.17, 15) is 0 Å². The molecule has 21 heavy (non-hydrogen) atoms. The fourth-order valence-corrected chi connectivity index (χ4v) is 2.95. The van der Waals surface area contributed by atoms with E-state index >= 15 is 0 Å². The van der Waals surface area contributed by atoms with E-state index in [4.69, 9.17) is 23.2 Å². The van der Waals surface area contributed by atoms with Crippen molar-refractivity contribution in [1.29, 1.82) is 0 Å². The molecule has 0 saturated heterocycles. The molecule has 0 amide bonds. The zero-order chi connectivity index (χ0) is 15.6. The second-order valence-electron chi connectivity index (χ2n) is 6.18. The molecule has 1 atom stereocenters. The Labute approximate surface area is 138 Å². The van der Waals surface area contributed by atoms with Gasteiger partial charge in [0.2, 0.25) is 0 Å². The van der Waals surface area contributed by atoms with Crippen LogP contribution in [0, 0.1) is 6.92 Å². The van der Waals surface area contributed by atoms with Gasteiger partial charge in [-0.1, -0.05) is 68.8 Å². The number of rotatable bonds is 4. The molecule has 0 saturated carbocycles. The number of hydrogen-bond acceptors (Lipinski definition) is 0. The van der Waals surface area contributed by atoms with Crippen molar-refractivity contribution in [1.82, 2.24) is 0 Å². The Hall–Kier alpha value is -0.980. The molecule has 0 aliphatic carbocycles. The maximum absolute atomic E-state index is 6.65. The zero-order valence-corrected chi connectivity index (χ0v) is 14.6. The van der Waals surface area contributed by atoms with E-state index in [1.54, 1.807) is 0 Å². The minimum atomic E-state index is -0.164. The first-order chi connectivity index (χ1) is 9.86. The van der Waals surface area contributed by atoms with Crippen molar-refractivity contribution in [2.24, 2.45) is 0 Å². The Balaban J connectivity index is 2.32. The molecular weight excluding hydrogens is 299 g/mol. The zero-order valence-electron chi connectivity index (χ0n) is 13.1. The third-order valence-corrected chi connectivity index (χ3v) is 5.35. The van der Waals surface area contributed by atoms with Crippen LogP contribution in [0.5, 0.6) is 0 Å². The van der Waals surface area contributed by atoms with Crippen LogP contribution >= 0.6 is 23.2 Å². The molecule has 0 aliphatic heterocycles. The maximum Gasteiger partial charge on any atom is 0.0838 e. The normalized spacial score (nSPS) is 13.2. The Morgan fingerprint density at radius 3 is 2.24 bits per heavy atom. The Kier molecular flexibility index (Phi) is 5.01. The fourth-order valence-electron chi connectivity index (χ4n) is 2.39. The average Bonchev–Trinajstić information content (AvgIpc) is 2.49. The second-order valence-corrected chi connectivity index (χ2v) is 7.02. The highest BCUT2D eigenvalue weighted by Gasteiger charge is 2.19. The van der Waals surface area contributed by atoms with Crippen LogP contribution < -0.4 is 0 Å². The predicted octanol–water partition coefficient (Wildman–Crippen LogP) is 6.66. The van der Waals surface area contributed by atoms with Crippen molar-refractivity contribution in [2.75, 3.05) is 0 Å². The molecule has 2 aromatic rings. The number of benzene rings is 2. The molecule has 0 spiro atoms. The van der Waals surface area contributed by atoms with Gasteiger partial charge >= 0.3 is 0 Å². The minimum absolute atomic E-state index is 0.164. The molecule has 2 aromatic carbocycles. The molecular formula is C19H22Cl2. The number of halogens is 2. The molecule has 2 heteroatoms. The third kappa shape index (κ3) is 3.44. The summed E-state index contributed by atoms with van der Waals surface area (Å²) in [6, 6.07) is 14.5. The summed E-state index contributed by atoms with van der Waals surface area (Å²) < 4.78 is 0. The highest BCUT2D eigenvalue weighted by atomic mass is 35.5. The molecule has 0 fully saturated rings. The molecule has 0 nitrogen and oxygen atoms in total. The van der Waals surface area contributed by atoms with E-state index in [-0.39, 0.29) is 10.8 Å². The van der Waals surface area contributed by atoms with E-state index in [1.165, 1.54) is 5.56 Å². The smallest absolute Gasteiger partial charge is 0.0838 e. The summed E-state index contributed by atoms with van der Waals surface area (Å²) in [6.45, 7) is 8.76. The van der Waals surface area contributed by atoms with E-state index in [0.29, 0.717) is 0 Å². The quantitative estimate of drug-likeness (QED) is 0.552. The molecule has 0 radical (unpaired) electrons. The average molecular weight is 321 g/mol. The van der Waals surface area contributed by atoms with E-state index in [2.05, 4.69) is 45.0 Å². The lowest BCUT2D eigenvalue weighted by Gasteiger charge is -2.24. The van der Waals surface area contributed by atoms with Crippen LogP contribution in [0.3, 0.4) is 0 Å². The van der Waals surface area contributed by atoms with Crippen molar-refractivity contribution >= 4 is 23.2 Å². The Morgan fingerprint density at radius 1 is 1.05 bits per heavy atom. The largest absolute Gasteiger partial charge is 0.113 e. The van der Waals surface area contributed by atoms with Gasteiger partial charge < -0.3 is 0 Å². The molecule has 0 heterocycles. The lowest BCUT2D eigenvalue weighted by molar-refractivity contribution is 0.506. The van der Waals surface area contributed by atoms with Crippen LogP contribution in [0.1, 0.15) is 54.8 Å². The lowest BCUT2D eigenvalue weighted by Crippen LogP contribution is -2.15. The van der Waals surface area contributed by atoms with Gasteiger partial charge in [-0.25, -0.2) is 0 Å². The van der Waals surface area contributed by atoms with Gasteiger partial charge in [-0.3, -0.25) is 0 Å². The Morgan fingerprint density at radius 2 is 1.67 bits per heavy atom. The summed E-state index contributed by atoms with van der Waals surface area (Å²) in [5, 5.41) is 0.601. The van der Waals surface area contributed by atoms with Gasteiger partial charge in [0.15, 0.2) is 0 Å². The van der Waals surface area contributed by atoms with Gasteiger partial charge in [0, 0.05) is 5.02 Å². The Bertz CT molecular complexity index is 612. The van der Waals surface area contributed by atoms with Crippen molar-refractivity contribution in [2.45, 2.75) is 44.9 Å². The lowest BCUT2D eigenvalue weighted by atomic mass is 9.82. The van der Waals surface area contributed by atoms with Crippen LogP contribution in [0.4, 0.5) is 0 Å². The van der Waals surface area contributed by atoms with Gasteiger partial charge in [-0.2, -0.15) is 0 Å². The molecule has 0 aliphatic rings. The van der Waals surface area contributed by atoms with Crippen LogP contribution in [0.25, 0.3) is 0 Å². The van der Waals surface area contributed by atoms with E-state index < -0.39 is 0 Å². The maximum atomic E-state index is 6.65. The van der Waals surface area contributed by atoms with E-state index in [0.717, 1.165) is 28.1 Å². The van der Waals surface area contributed by atoms with Crippen molar-refractivity contribution in [3.63, 3.8) is 0 Å². The first kappa shape index (κ1) is 16.4. The van der Waals surface area contributed by atoms with E-state index in [1.807, 2.05) is 25.1 Å². The highest BCUT2D eigenvalue weighted by molar-refractivity contribution is 6.31. The summed E-state index contributed by atoms with van der Waals surface area (Å²) in [5.74, 6) is 0. The predicted molar refractivity (Wildman–Crippen MR) is 93.6 cm³/mol. The standard InChI is InChI=1S/C19H22Cl2/c1-5-19(3,4)15-11-9-14(10-12-15)18(21)16-7-6-8-17(20)13(16)2/h6-12,18H,5H2,1-4H3. The molecule has 2 rings (SSSR count). The van der Waals surface area contributed by atoms with Gasteiger partial charge in [0.25, 0.3) is 0 Å². The molecule has 0 aromatic heterocycles. The first-order valence-corrected chi connectivity index (χ1v) is 8.17. The summed E-state index contributed by atoms with van der Waals surface area (Å²) in [7, 11) is 0. The van der Waals surface area contributed by atoms with Gasteiger partial charge in [-0.05, 0) is 47.1 Å². The summed E-state index contributed by atoms with van der Waals surface area (Å²) in [4.78, 5) is 0. The fraction of sp³-hybridized carbons (Fsp3) is 0.368. The number of alkyl halides is 1. The highest BCUT2D eigenvalue weighted by Crippen LogP contribution is 2.35. The molecule has 0 bridgehead atoms. The molecule has 1 unspecified atom stereocenters. The third-order valence-electron chi connectivity index (χ3n) is 4.45. The SMILES string of the molecule is CCC(C)(C)c1ccc(C(Cl)c2cccc(Cl)c2C)cc1. The molecule has 0 N–H and O–H groups in total. The van der Waals surface area contributed by atoms with Crippen LogP contribution in [-0.4, -0.2) is 0 Å². The summed E-state index contributed by atoms with van der Waals surface area (Å²) >= 11 is 12.8. The van der Waals surface area contributed by atoms with Gasteiger partial charge in [0.1, 0.15) is 0 Å². The van der Waals surface area contributed by atoms with Crippen molar-refractivity contribution in [3.05, 3.63) is 69.7 Å². The topological polar surface area (TPSA) is 0 Å². The molecule has 112 valence electrons. The second kappa shape index (κ2) is 6.42. The monoisotopic (exact) mass is 320 g/mol. The first-order valence-electron chi connectivity index (χ1n) is 7.36.